The van der Waals surface area contributed by atoms with E-state index in [1.54, 1.807) is 20.8 Å². The van der Waals surface area contributed by atoms with Crippen LogP contribution in [0.5, 0.6) is 0 Å². The first kappa shape index (κ1) is 15.5. The number of hydrogen-bond donors (Lipinski definition) is 5. The Hall–Kier alpha value is -2.51. The standard InChI is InChI=1S/C12H18N4O4/c1-6(2)14-9(17)5-13-12(20)16-8-4-7(3)15-10(8)11(18)19/h4,6,15H,5H2,1-3H3,(H,14,17)(H,18,19)(H2,13,16,20). The third-order valence-corrected chi connectivity index (χ3v) is 2.27. The zero-order valence-corrected chi connectivity index (χ0v) is 11.5. The SMILES string of the molecule is Cc1cc(NC(=O)NCC(=O)NC(C)C)c(C(=O)O)[nH]1. The molecular formula is C12H18N4O4. The highest BCUT2D eigenvalue weighted by atomic mass is 16.4. The number of carbonyl (C=O) groups is 3. The molecule has 0 atom stereocenters. The van der Waals surface area contributed by atoms with Gasteiger partial charge in [0.2, 0.25) is 5.91 Å². The van der Waals surface area contributed by atoms with Crippen molar-refractivity contribution in [3.63, 3.8) is 0 Å². The molecule has 1 rings (SSSR count). The molecular weight excluding hydrogens is 264 g/mol. The lowest BCUT2D eigenvalue weighted by molar-refractivity contribution is -0.120. The van der Waals surface area contributed by atoms with Crippen LogP contribution in [0.4, 0.5) is 10.5 Å². The number of H-pyrrole nitrogens is 1. The second-order valence-corrected chi connectivity index (χ2v) is 4.58. The third-order valence-electron chi connectivity index (χ3n) is 2.27. The van der Waals surface area contributed by atoms with Gasteiger partial charge in [-0.3, -0.25) is 4.79 Å². The summed E-state index contributed by atoms with van der Waals surface area (Å²) in [4.78, 5) is 36.5. The highest BCUT2D eigenvalue weighted by Gasteiger charge is 2.15. The Balaban J connectivity index is 2.55. The summed E-state index contributed by atoms with van der Waals surface area (Å²) >= 11 is 0. The van der Waals surface area contributed by atoms with Crippen LogP contribution in [0.1, 0.15) is 30.0 Å². The fraction of sp³-hybridized carbons (Fsp3) is 0.417. The number of amides is 3. The summed E-state index contributed by atoms with van der Waals surface area (Å²) in [5.41, 5.74) is 0.649. The van der Waals surface area contributed by atoms with Gasteiger partial charge in [0.25, 0.3) is 0 Å². The molecule has 110 valence electrons. The fourth-order valence-corrected chi connectivity index (χ4v) is 1.56. The van der Waals surface area contributed by atoms with Crippen LogP contribution in [-0.2, 0) is 4.79 Å². The molecule has 3 amide bonds. The number of aryl methyl sites for hydroxylation is 1. The van der Waals surface area contributed by atoms with Gasteiger partial charge < -0.3 is 26.0 Å². The Bertz CT molecular complexity index is 522. The van der Waals surface area contributed by atoms with E-state index in [-0.39, 0.29) is 29.9 Å². The summed E-state index contributed by atoms with van der Waals surface area (Å²) in [7, 11) is 0. The summed E-state index contributed by atoms with van der Waals surface area (Å²) in [5.74, 6) is -1.50. The Morgan fingerprint density at radius 1 is 1.35 bits per heavy atom. The lowest BCUT2D eigenvalue weighted by atomic mass is 10.3. The maximum atomic E-state index is 11.6. The normalized spacial score (nSPS) is 10.2. The largest absolute Gasteiger partial charge is 0.477 e. The number of aromatic nitrogens is 1. The number of anilines is 1. The lowest BCUT2D eigenvalue weighted by Gasteiger charge is -2.10. The molecule has 1 aromatic heterocycles. The molecule has 5 N–H and O–H groups in total. The minimum atomic E-state index is -1.18. The van der Waals surface area contributed by atoms with Gasteiger partial charge in [0.1, 0.15) is 5.69 Å². The Morgan fingerprint density at radius 2 is 2.00 bits per heavy atom. The van der Waals surface area contributed by atoms with Gasteiger partial charge in [-0.05, 0) is 26.8 Å². The van der Waals surface area contributed by atoms with Gasteiger partial charge in [0.15, 0.2) is 0 Å². The molecule has 0 radical (unpaired) electrons. The number of aromatic carboxylic acids is 1. The Kier molecular flexibility index (Phi) is 5.13. The molecule has 0 aliphatic heterocycles. The van der Waals surface area contributed by atoms with E-state index in [1.807, 2.05) is 0 Å². The summed E-state index contributed by atoms with van der Waals surface area (Å²) in [5, 5.41) is 16.3. The van der Waals surface area contributed by atoms with Gasteiger partial charge in [0, 0.05) is 11.7 Å². The molecule has 1 aromatic rings. The van der Waals surface area contributed by atoms with Crippen molar-refractivity contribution in [3.05, 3.63) is 17.5 Å². The van der Waals surface area contributed by atoms with E-state index in [2.05, 4.69) is 20.9 Å². The highest BCUT2D eigenvalue weighted by Crippen LogP contribution is 2.16. The summed E-state index contributed by atoms with van der Waals surface area (Å²) in [6.45, 7) is 5.10. The van der Waals surface area contributed by atoms with Gasteiger partial charge in [-0.1, -0.05) is 0 Å². The van der Waals surface area contributed by atoms with Crippen molar-refractivity contribution >= 4 is 23.6 Å². The van der Waals surface area contributed by atoms with Crippen molar-refractivity contribution in [3.8, 4) is 0 Å². The monoisotopic (exact) mass is 282 g/mol. The second kappa shape index (κ2) is 6.60. The number of carboxylic acids is 1. The average molecular weight is 282 g/mol. The molecule has 1 heterocycles. The molecule has 0 spiro atoms. The van der Waals surface area contributed by atoms with Gasteiger partial charge in [0.05, 0.1) is 12.2 Å². The quantitative estimate of drug-likeness (QED) is 0.544. The van der Waals surface area contributed by atoms with E-state index in [0.29, 0.717) is 5.69 Å². The predicted molar refractivity (Wildman–Crippen MR) is 72.8 cm³/mol. The van der Waals surface area contributed by atoms with Crippen LogP contribution >= 0.6 is 0 Å². The van der Waals surface area contributed by atoms with E-state index >= 15 is 0 Å². The van der Waals surface area contributed by atoms with Crippen molar-refractivity contribution in [2.24, 2.45) is 0 Å². The van der Waals surface area contributed by atoms with Crippen LogP contribution in [0.2, 0.25) is 0 Å². The molecule has 8 nitrogen and oxygen atoms in total. The molecule has 0 unspecified atom stereocenters. The number of rotatable bonds is 5. The maximum absolute atomic E-state index is 11.6. The van der Waals surface area contributed by atoms with E-state index in [9.17, 15) is 14.4 Å². The topological polar surface area (TPSA) is 123 Å². The van der Waals surface area contributed by atoms with Crippen LogP contribution in [0.15, 0.2) is 6.07 Å². The number of carboxylic acid groups (broad SMARTS) is 1. The van der Waals surface area contributed by atoms with Crippen molar-refractivity contribution in [1.82, 2.24) is 15.6 Å². The first-order valence-corrected chi connectivity index (χ1v) is 6.06. The van der Waals surface area contributed by atoms with Crippen LogP contribution in [0, 0.1) is 6.92 Å². The van der Waals surface area contributed by atoms with Crippen LogP contribution in [0.3, 0.4) is 0 Å². The number of carbonyl (C=O) groups excluding carboxylic acids is 2. The number of urea groups is 1. The number of hydrogen-bond acceptors (Lipinski definition) is 3. The third kappa shape index (κ3) is 4.63. The first-order chi connectivity index (χ1) is 9.29. The molecule has 0 aliphatic carbocycles. The van der Waals surface area contributed by atoms with E-state index < -0.39 is 12.0 Å². The summed E-state index contributed by atoms with van der Waals surface area (Å²) in [6.07, 6.45) is 0. The predicted octanol–water partition coefficient (Wildman–Crippen LogP) is 0.667. The van der Waals surface area contributed by atoms with Crippen molar-refractivity contribution in [2.45, 2.75) is 26.8 Å². The van der Waals surface area contributed by atoms with Crippen molar-refractivity contribution in [2.75, 3.05) is 11.9 Å². The van der Waals surface area contributed by atoms with Gasteiger partial charge in [-0.2, -0.15) is 0 Å². The highest BCUT2D eigenvalue weighted by molar-refractivity contribution is 5.99. The minimum absolute atomic E-state index is 0.0155. The summed E-state index contributed by atoms with van der Waals surface area (Å²) in [6, 6.07) is 0.834. The molecule has 0 bridgehead atoms. The smallest absolute Gasteiger partial charge is 0.354 e. The number of aromatic amines is 1. The molecule has 0 saturated heterocycles. The fourth-order valence-electron chi connectivity index (χ4n) is 1.56. The Morgan fingerprint density at radius 3 is 2.55 bits per heavy atom. The molecule has 0 aromatic carbocycles. The van der Waals surface area contributed by atoms with E-state index in [4.69, 9.17) is 5.11 Å². The number of nitrogens with one attached hydrogen (secondary N) is 4. The van der Waals surface area contributed by atoms with Crippen molar-refractivity contribution in [1.29, 1.82) is 0 Å². The minimum Gasteiger partial charge on any atom is -0.477 e. The van der Waals surface area contributed by atoms with Crippen molar-refractivity contribution < 1.29 is 19.5 Å². The van der Waals surface area contributed by atoms with Crippen LogP contribution in [-0.4, -0.2) is 40.6 Å². The molecule has 0 aliphatic rings. The second-order valence-electron chi connectivity index (χ2n) is 4.58. The van der Waals surface area contributed by atoms with Gasteiger partial charge >= 0.3 is 12.0 Å². The van der Waals surface area contributed by atoms with Gasteiger partial charge in [-0.15, -0.1) is 0 Å². The van der Waals surface area contributed by atoms with Crippen LogP contribution < -0.4 is 16.0 Å². The molecule has 8 heteroatoms. The van der Waals surface area contributed by atoms with Gasteiger partial charge in [-0.25, -0.2) is 9.59 Å². The first-order valence-electron chi connectivity index (χ1n) is 6.06. The maximum Gasteiger partial charge on any atom is 0.354 e. The lowest BCUT2D eigenvalue weighted by Crippen LogP contribution is -2.41. The Labute approximate surface area is 115 Å². The molecule has 0 fully saturated rings. The zero-order valence-electron chi connectivity index (χ0n) is 11.5. The van der Waals surface area contributed by atoms with E-state index in [1.165, 1.54) is 6.07 Å². The summed E-state index contributed by atoms with van der Waals surface area (Å²) < 4.78 is 0. The molecule has 0 saturated carbocycles. The van der Waals surface area contributed by atoms with E-state index in [0.717, 1.165) is 0 Å². The van der Waals surface area contributed by atoms with Crippen LogP contribution in [0.25, 0.3) is 0 Å². The zero-order chi connectivity index (χ0) is 15.3. The molecule has 20 heavy (non-hydrogen) atoms. The average Bonchev–Trinajstić information content (AvgIpc) is 2.67.